The Hall–Kier alpha value is -2.84. The van der Waals surface area contributed by atoms with Crippen molar-refractivity contribution in [2.45, 2.75) is 6.18 Å². The smallest absolute Gasteiger partial charge is 0.420 e. The molecule has 1 rings (SSSR count). The molecule has 6 nitrogen and oxygen atoms in total. The molecule has 0 fully saturated rings. The first kappa shape index (κ1) is 19.2. The van der Waals surface area contributed by atoms with Crippen LogP contribution in [0, 0.1) is 10.1 Å². The first-order valence-electron chi connectivity index (χ1n) is 6.68. The normalized spacial score (nSPS) is 10.8. The van der Waals surface area contributed by atoms with E-state index in [2.05, 4.69) is 13.2 Å². The summed E-state index contributed by atoms with van der Waals surface area (Å²) in [7, 11) is 0. The van der Waals surface area contributed by atoms with Crippen LogP contribution in [0.15, 0.2) is 43.5 Å². The fourth-order valence-electron chi connectivity index (χ4n) is 1.80. The number of benzene rings is 1. The van der Waals surface area contributed by atoms with Gasteiger partial charge < -0.3 is 9.64 Å². The molecular formula is C15H15F3N2O4. The van der Waals surface area contributed by atoms with Crippen LogP contribution in [0.25, 0.3) is 0 Å². The van der Waals surface area contributed by atoms with Crippen molar-refractivity contribution in [2.75, 3.05) is 19.7 Å². The zero-order chi connectivity index (χ0) is 18.3. The van der Waals surface area contributed by atoms with E-state index in [1.54, 1.807) is 0 Å². The highest BCUT2D eigenvalue weighted by molar-refractivity contribution is 5.78. The van der Waals surface area contributed by atoms with Crippen LogP contribution in [0.5, 0.6) is 5.75 Å². The van der Waals surface area contributed by atoms with E-state index in [0.717, 1.165) is 12.1 Å². The first-order chi connectivity index (χ1) is 11.2. The van der Waals surface area contributed by atoms with Gasteiger partial charge >= 0.3 is 6.18 Å². The van der Waals surface area contributed by atoms with Crippen molar-refractivity contribution in [1.29, 1.82) is 0 Å². The van der Waals surface area contributed by atoms with E-state index in [4.69, 9.17) is 4.74 Å². The summed E-state index contributed by atoms with van der Waals surface area (Å²) in [5.74, 6) is -1.22. The number of amides is 1. The molecule has 0 unspecified atom stereocenters. The fourth-order valence-corrected chi connectivity index (χ4v) is 1.80. The summed E-state index contributed by atoms with van der Waals surface area (Å²) in [6, 6.07) is 2.06. The van der Waals surface area contributed by atoms with Crippen LogP contribution >= 0.6 is 0 Å². The largest absolute Gasteiger partial charge is 0.483 e. The molecule has 9 heteroatoms. The molecule has 0 saturated carbocycles. The minimum atomic E-state index is -4.85. The van der Waals surface area contributed by atoms with Gasteiger partial charge in [-0.15, -0.1) is 13.2 Å². The monoisotopic (exact) mass is 344 g/mol. The number of non-ortho nitro benzene ring substituents is 1. The van der Waals surface area contributed by atoms with Crippen molar-refractivity contribution in [3.05, 3.63) is 59.2 Å². The predicted octanol–water partition coefficient (Wildman–Crippen LogP) is 3.19. The number of nitro groups is 1. The van der Waals surface area contributed by atoms with Gasteiger partial charge in [-0.05, 0) is 6.07 Å². The van der Waals surface area contributed by atoms with Gasteiger partial charge in [-0.2, -0.15) is 13.2 Å². The van der Waals surface area contributed by atoms with Gasteiger partial charge in [0, 0.05) is 25.2 Å². The Morgan fingerprint density at radius 3 is 2.33 bits per heavy atom. The SMILES string of the molecule is C=CCN(CC=C)C(=O)COc1ccc([N+](=O)[O-])cc1C(F)(F)F. The summed E-state index contributed by atoms with van der Waals surface area (Å²) in [5, 5.41) is 10.6. The van der Waals surface area contributed by atoms with E-state index in [0.29, 0.717) is 6.07 Å². The highest BCUT2D eigenvalue weighted by Gasteiger charge is 2.36. The second-order valence-electron chi connectivity index (χ2n) is 4.60. The van der Waals surface area contributed by atoms with Crippen molar-refractivity contribution in [3.63, 3.8) is 0 Å². The third kappa shape index (κ3) is 5.11. The van der Waals surface area contributed by atoms with E-state index in [1.165, 1.54) is 17.1 Å². The number of nitro benzene ring substituents is 1. The average Bonchev–Trinajstić information content (AvgIpc) is 2.51. The lowest BCUT2D eigenvalue weighted by Gasteiger charge is -2.20. The molecule has 1 aromatic carbocycles. The Bertz CT molecular complexity index is 634. The third-order valence-electron chi connectivity index (χ3n) is 2.88. The number of hydrogen-bond donors (Lipinski definition) is 0. The average molecular weight is 344 g/mol. The lowest BCUT2D eigenvalue weighted by atomic mass is 10.1. The van der Waals surface area contributed by atoms with E-state index >= 15 is 0 Å². The molecule has 1 aromatic rings. The second kappa shape index (κ2) is 8.14. The minimum Gasteiger partial charge on any atom is -0.483 e. The molecule has 0 saturated heterocycles. The van der Waals surface area contributed by atoms with Gasteiger partial charge in [0.2, 0.25) is 0 Å². The van der Waals surface area contributed by atoms with Crippen LogP contribution in [0.4, 0.5) is 18.9 Å². The van der Waals surface area contributed by atoms with Gasteiger partial charge in [-0.25, -0.2) is 0 Å². The highest BCUT2D eigenvalue weighted by atomic mass is 19.4. The Kier molecular flexibility index (Phi) is 6.51. The minimum absolute atomic E-state index is 0.181. The van der Waals surface area contributed by atoms with Crippen molar-refractivity contribution >= 4 is 11.6 Å². The topological polar surface area (TPSA) is 72.7 Å². The summed E-state index contributed by atoms with van der Waals surface area (Å²) in [6.45, 7) is 6.66. The number of rotatable bonds is 8. The summed E-state index contributed by atoms with van der Waals surface area (Å²) in [4.78, 5) is 22.9. The molecule has 24 heavy (non-hydrogen) atoms. The predicted molar refractivity (Wildman–Crippen MR) is 80.6 cm³/mol. The number of carbonyl (C=O) groups excluding carboxylic acids is 1. The van der Waals surface area contributed by atoms with Crippen LogP contribution in [-0.4, -0.2) is 35.4 Å². The van der Waals surface area contributed by atoms with Gasteiger partial charge in [-0.1, -0.05) is 12.2 Å². The number of hydrogen-bond acceptors (Lipinski definition) is 4. The lowest BCUT2D eigenvalue weighted by molar-refractivity contribution is -0.385. The van der Waals surface area contributed by atoms with Crippen LogP contribution in [0.1, 0.15) is 5.56 Å². The summed E-state index contributed by atoms with van der Waals surface area (Å²) >= 11 is 0. The van der Waals surface area contributed by atoms with Crippen LogP contribution < -0.4 is 4.74 Å². The summed E-state index contributed by atoms with van der Waals surface area (Å²) in [6.07, 6.45) is -1.95. The lowest BCUT2D eigenvalue weighted by Crippen LogP contribution is -2.35. The second-order valence-corrected chi connectivity index (χ2v) is 4.60. The van der Waals surface area contributed by atoms with Crippen LogP contribution in [-0.2, 0) is 11.0 Å². The highest BCUT2D eigenvalue weighted by Crippen LogP contribution is 2.38. The zero-order valence-electron chi connectivity index (χ0n) is 12.6. The maximum Gasteiger partial charge on any atom is 0.420 e. The van der Waals surface area contributed by atoms with Gasteiger partial charge in [0.1, 0.15) is 11.3 Å². The van der Waals surface area contributed by atoms with E-state index < -0.39 is 40.6 Å². The molecular weight excluding hydrogens is 329 g/mol. The van der Waals surface area contributed by atoms with E-state index in [1.807, 2.05) is 0 Å². The summed E-state index contributed by atoms with van der Waals surface area (Å²) < 4.78 is 43.9. The molecule has 0 heterocycles. The molecule has 0 N–H and O–H groups in total. The summed E-state index contributed by atoms with van der Waals surface area (Å²) in [5.41, 5.74) is -2.04. The number of alkyl halides is 3. The Morgan fingerprint density at radius 2 is 1.88 bits per heavy atom. The standard InChI is InChI=1S/C15H15F3N2O4/c1-3-7-19(8-4-2)14(21)10-24-13-6-5-11(20(22)23)9-12(13)15(16,17)18/h3-6,9H,1-2,7-8,10H2. The fraction of sp³-hybridized carbons (Fsp3) is 0.267. The molecule has 0 atom stereocenters. The van der Waals surface area contributed by atoms with Gasteiger partial charge in [0.15, 0.2) is 6.61 Å². The van der Waals surface area contributed by atoms with Gasteiger partial charge in [0.05, 0.1) is 4.92 Å². The maximum atomic E-state index is 13.0. The first-order valence-corrected chi connectivity index (χ1v) is 6.68. The molecule has 0 aliphatic rings. The Balaban J connectivity index is 2.98. The molecule has 0 aromatic heterocycles. The molecule has 0 radical (unpaired) electrons. The van der Waals surface area contributed by atoms with Crippen LogP contribution in [0.2, 0.25) is 0 Å². The van der Waals surface area contributed by atoms with Crippen molar-refractivity contribution in [2.24, 2.45) is 0 Å². The van der Waals surface area contributed by atoms with Crippen molar-refractivity contribution < 1.29 is 27.6 Å². The van der Waals surface area contributed by atoms with Gasteiger partial charge in [-0.3, -0.25) is 14.9 Å². The number of halogens is 3. The van der Waals surface area contributed by atoms with Crippen LogP contribution in [0.3, 0.4) is 0 Å². The molecule has 130 valence electrons. The Labute approximate surface area is 136 Å². The zero-order valence-corrected chi connectivity index (χ0v) is 12.6. The molecule has 0 bridgehead atoms. The molecule has 0 aliphatic heterocycles. The van der Waals surface area contributed by atoms with E-state index in [-0.39, 0.29) is 13.1 Å². The molecule has 0 spiro atoms. The molecule has 0 aliphatic carbocycles. The van der Waals surface area contributed by atoms with Crippen molar-refractivity contribution in [3.8, 4) is 5.75 Å². The van der Waals surface area contributed by atoms with Crippen molar-refractivity contribution in [1.82, 2.24) is 4.90 Å². The number of ether oxygens (including phenoxy) is 1. The maximum absolute atomic E-state index is 13.0. The Morgan fingerprint density at radius 1 is 1.29 bits per heavy atom. The number of carbonyl (C=O) groups is 1. The number of nitrogens with zero attached hydrogens (tertiary/aromatic N) is 2. The third-order valence-corrected chi connectivity index (χ3v) is 2.88. The van der Waals surface area contributed by atoms with Gasteiger partial charge in [0.25, 0.3) is 11.6 Å². The molecule has 1 amide bonds. The van der Waals surface area contributed by atoms with E-state index in [9.17, 15) is 28.1 Å². The quantitative estimate of drug-likeness (QED) is 0.412.